The van der Waals surface area contributed by atoms with Gasteiger partial charge in [0.05, 0.1) is 18.4 Å². The molecule has 0 radical (unpaired) electrons. The number of nitrogens with one attached hydrogen (secondary N) is 1. The molecule has 0 fully saturated rings. The van der Waals surface area contributed by atoms with Crippen molar-refractivity contribution in [1.82, 2.24) is 20.0 Å². The Balaban J connectivity index is 1.94. The Labute approximate surface area is 85.8 Å². The molecule has 5 nitrogen and oxygen atoms in total. The van der Waals surface area contributed by atoms with Crippen molar-refractivity contribution in [2.45, 2.75) is 13.5 Å². The number of aromatic nitrogens is 4. The smallest absolute Gasteiger partial charge is 0.136 e. The quantitative estimate of drug-likeness (QED) is 0.825. The van der Waals surface area contributed by atoms with Gasteiger partial charge in [-0.3, -0.25) is 4.68 Å². The molecule has 0 aliphatic rings. The molecule has 0 aliphatic heterocycles. The molecule has 6 heteroatoms. The fourth-order valence-corrected chi connectivity index (χ4v) is 1.75. The van der Waals surface area contributed by atoms with Gasteiger partial charge < -0.3 is 5.32 Å². The standard InChI is InChI=1S/C8H11N5S/c1-6-11-12-8(14-6)4-9-7-3-10-13(2)5-7/h3,5,9H,4H2,1-2H3. The van der Waals surface area contributed by atoms with Crippen molar-refractivity contribution in [3.63, 3.8) is 0 Å². The maximum absolute atomic E-state index is 4.06. The fourth-order valence-electron chi connectivity index (χ4n) is 1.10. The van der Waals surface area contributed by atoms with E-state index in [2.05, 4.69) is 20.6 Å². The van der Waals surface area contributed by atoms with Crippen LogP contribution in [0.3, 0.4) is 0 Å². The Morgan fingerprint density at radius 3 is 2.93 bits per heavy atom. The second-order valence-corrected chi connectivity index (χ2v) is 4.24. The highest BCUT2D eigenvalue weighted by Gasteiger charge is 2.00. The molecule has 2 heterocycles. The maximum Gasteiger partial charge on any atom is 0.136 e. The third kappa shape index (κ3) is 2.08. The van der Waals surface area contributed by atoms with E-state index in [1.54, 1.807) is 22.2 Å². The van der Waals surface area contributed by atoms with Gasteiger partial charge in [-0.25, -0.2) is 0 Å². The van der Waals surface area contributed by atoms with Crippen molar-refractivity contribution < 1.29 is 0 Å². The van der Waals surface area contributed by atoms with Crippen LogP contribution in [-0.2, 0) is 13.6 Å². The molecule has 2 aromatic heterocycles. The minimum Gasteiger partial charge on any atom is -0.376 e. The molecule has 1 N–H and O–H groups in total. The molecular weight excluding hydrogens is 198 g/mol. The molecule has 2 aromatic rings. The monoisotopic (exact) mass is 209 g/mol. The number of aryl methyl sites for hydroxylation is 2. The summed E-state index contributed by atoms with van der Waals surface area (Å²) in [6, 6.07) is 0. The van der Waals surface area contributed by atoms with Crippen molar-refractivity contribution in [2.75, 3.05) is 5.32 Å². The first kappa shape index (κ1) is 9.14. The van der Waals surface area contributed by atoms with Gasteiger partial charge in [0.2, 0.25) is 0 Å². The summed E-state index contributed by atoms with van der Waals surface area (Å²) in [5.74, 6) is 0. The normalized spacial score (nSPS) is 10.4. The Hall–Kier alpha value is -1.43. The summed E-state index contributed by atoms with van der Waals surface area (Å²) in [5.41, 5.74) is 1.00. The molecule has 0 aromatic carbocycles. The molecule has 14 heavy (non-hydrogen) atoms. The van der Waals surface area contributed by atoms with Crippen molar-refractivity contribution in [1.29, 1.82) is 0 Å². The first-order valence-electron chi connectivity index (χ1n) is 4.25. The molecule has 0 unspecified atom stereocenters. The van der Waals surface area contributed by atoms with Crippen LogP contribution >= 0.6 is 11.3 Å². The zero-order chi connectivity index (χ0) is 9.97. The summed E-state index contributed by atoms with van der Waals surface area (Å²) in [6.45, 7) is 2.66. The highest BCUT2D eigenvalue weighted by atomic mass is 32.1. The van der Waals surface area contributed by atoms with Gasteiger partial charge in [0.25, 0.3) is 0 Å². The van der Waals surface area contributed by atoms with Gasteiger partial charge in [-0.1, -0.05) is 11.3 Å². The lowest BCUT2D eigenvalue weighted by molar-refractivity contribution is 0.768. The summed E-state index contributed by atoms with van der Waals surface area (Å²) >= 11 is 1.60. The van der Waals surface area contributed by atoms with Crippen LogP contribution in [0.1, 0.15) is 10.0 Å². The SMILES string of the molecule is Cc1nnc(CNc2cnn(C)c2)s1. The van der Waals surface area contributed by atoms with E-state index in [9.17, 15) is 0 Å². The molecule has 74 valence electrons. The molecule has 0 aliphatic carbocycles. The summed E-state index contributed by atoms with van der Waals surface area (Å²) in [4.78, 5) is 0. The van der Waals surface area contributed by atoms with Gasteiger partial charge in [0, 0.05) is 13.2 Å². The Bertz CT molecular complexity index is 379. The Kier molecular flexibility index (Phi) is 2.45. The van der Waals surface area contributed by atoms with Gasteiger partial charge in [0.15, 0.2) is 0 Å². The average molecular weight is 209 g/mol. The Morgan fingerprint density at radius 2 is 2.36 bits per heavy atom. The molecule has 0 bridgehead atoms. The summed E-state index contributed by atoms with van der Waals surface area (Å²) in [7, 11) is 1.89. The van der Waals surface area contributed by atoms with Gasteiger partial charge in [0.1, 0.15) is 10.0 Å². The van der Waals surface area contributed by atoms with Crippen LogP contribution in [0.25, 0.3) is 0 Å². The van der Waals surface area contributed by atoms with E-state index in [1.165, 1.54) is 0 Å². The van der Waals surface area contributed by atoms with Crippen molar-refractivity contribution in [2.24, 2.45) is 7.05 Å². The van der Waals surface area contributed by atoms with E-state index in [0.29, 0.717) is 6.54 Å². The summed E-state index contributed by atoms with van der Waals surface area (Å²) in [6.07, 6.45) is 3.71. The summed E-state index contributed by atoms with van der Waals surface area (Å²) in [5, 5.41) is 17.2. The predicted octanol–water partition coefficient (Wildman–Crippen LogP) is 1.19. The zero-order valence-corrected chi connectivity index (χ0v) is 8.88. The molecular formula is C8H11N5S. The highest BCUT2D eigenvalue weighted by Crippen LogP contribution is 2.11. The minimum atomic E-state index is 0.706. The van der Waals surface area contributed by atoms with Gasteiger partial charge in [-0.05, 0) is 6.92 Å². The second kappa shape index (κ2) is 3.75. The first-order valence-corrected chi connectivity index (χ1v) is 5.07. The number of hydrogen-bond donors (Lipinski definition) is 1. The molecule has 0 spiro atoms. The molecule has 2 rings (SSSR count). The highest BCUT2D eigenvalue weighted by molar-refractivity contribution is 7.11. The van der Waals surface area contributed by atoms with E-state index in [0.717, 1.165) is 15.7 Å². The van der Waals surface area contributed by atoms with Crippen LogP contribution in [-0.4, -0.2) is 20.0 Å². The topological polar surface area (TPSA) is 55.6 Å². The van der Waals surface area contributed by atoms with Crippen LogP contribution < -0.4 is 5.32 Å². The summed E-state index contributed by atoms with van der Waals surface area (Å²) < 4.78 is 1.76. The number of nitrogens with zero attached hydrogens (tertiary/aromatic N) is 4. The van der Waals surface area contributed by atoms with E-state index >= 15 is 0 Å². The minimum absolute atomic E-state index is 0.706. The molecule has 0 atom stereocenters. The van der Waals surface area contributed by atoms with Crippen molar-refractivity contribution in [3.8, 4) is 0 Å². The van der Waals surface area contributed by atoms with E-state index < -0.39 is 0 Å². The van der Waals surface area contributed by atoms with E-state index in [4.69, 9.17) is 0 Å². The van der Waals surface area contributed by atoms with Crippen molar-refractivity contribution in [3.05, 3.63) is 22.4 Å². The van der Waals surface area contributed by atoms with Crippen LogP contribution in [0.5, 0.6) is 0 Å². The molecule has 0 amide bonds. The average Bonchev–Trinajstić information content (AvgIpc) is 2.72. The number of hydrogen-bond acceptors (Lipinski definition) is 5. The zero-order valence-electron chi connectivity index (χ0n) is 8.06. The van der Waals surface area contributed by atoms with E-state index in [-0.39, 0.29) is 0 Å². The predicted molar refractivity (Wildman–Crippen MR) is 55.2 cm³/mol. The largest absolute Gasteiger partial charge is 0.376 e. The fraction of sp³-hybridized carbons (Fsp3) is 0.375. The first-order chi connectivity index (χ1) is 6.74. The lowest BCUT2D eigenvalue weighted by Gasteiger charge is -1.97. The van der Waals surface area contributed by atoms with E-state index in [1.807, 2.05) is 20.2 Å². The van der Waals surface area contributed by atoms with Crippen molar-refractivity contribution >= 4 is 17.0 Å². The third-order valence-corrected chi connectivity index (χ3v) is 2.56. The number of rotatable bonds is 3. The Morgan fingerprint density at radius 1 is 1.50 bits per heavy atom. The molecule has 0 saturated carbocycles. The number of anilines is 1. The van der Waals surface area contributed by atoms with Gasteiger partial charge >= 0.3 is 0 Å². The van der Waals surface area contributed by atoms with Crippen LogP contribution in [0, 0.1) is 6.92 Å². The van der Waals surface area contributed by atoms with Crippen LogP contribution in [0.15, 0.2) is 12.4 Å². The lowest BCUT2D eigenvalue weighted by Crippen LogP contribution is -1.97. The van der Waals surface area contributed by atoms with Crippen LogP contribution in [0.4, 0.5) is 5.69 Å². The third-order valence-electron chi connectivity index (χ3n) is 1.72. The molecule has 0 saturated heterocycles. The maximum atomic E-state index is 4.06. The van der Waals surface area contributed by atoms with Crippen LogP contribution in [0.2, 0.25) is 0 Å². The second-order valence-electron chi connectivity index (χ2n) is 2.97. The van der Waals surface area contributed by atoms with Gasteiger partial charge in [-0.2, -0.15) is 5.10 Å². The lowest BCUT2D eigenvalue weighted by atomic mass is 10.5. The van der Waals surface area contributed by atoms with Gasteiger partial charge in [-0.15, -0.1) is 10.2 Å².